The van der Waals surface area contributed by atoms with Crippen molar-refractivity contribution in [3.05, 3.63) is 64.5 Å². The average molecular weight is 600 g/mol. The molecule has 0 radical (unpaired) electrons. The summed E-state index contributed by atoms with van der Waals surface area (Å²) in [7, 11) is 1.50. The van der Waals surface area contributed by atoms with E-state index in [-0.39, 0.29) is 23.5 Å². The molecule has 0 spiro atoms. The number of nitriles is 1. The highest BCUT2D eigenvalue weighted by Crippen LogP contribution is 2.61. The van der Waals surface area contributed by atoms with E-state index in [9.17, 15) is 14.4 Å². The van der Waals surface area contributed by atoms with Crippen molar-refractivity contribution < 1.29 is 9.13 Å². The number of aromatic nitrogens is 2. The van der Waals surface area contributed by atoms with Crippen molar-refractivity contribution in [1.29, 1.82) is 5.26 Å². The zero-order valence-corrected chi connectivity index (χ0v) is 26.3. The molecule has 1 aliphatic heterocycles. The van der Waals surface area contributed by atoms with Gasteiger partial charge in [0.1, 0.15) is 11.6 Å². The highest BCUT2D eigenvalue weighted by Gasteiger charge is 2.56. The Hall–Kier alpha value is -4.13. The van der Waals surface area contributed by atoms with Gasteiger partial charge in [-0.1, -0.05) is 26.8 Å². The lowest BCUT2D eigenvalue weighted by Gasteiger charge is -2.61. The van der Waals surface area contributed by atoms with Gasteiger partial charge in [-0.25, -0.2) is 14.4 Å². The summed E-state index contributed by atoms with van der Waals surface area (Å²) in [6.07, 6.45) is 6.58. The number of anilines is 1. The van der Waals surface area contributed by atoms with Crippen molar-refractivity contribution in [3.63, 3.8) is 0 Å². The summed E-state index contributed by atoms with van der Waals surface area (Å²) in [5.41, 5.74) is 2.13. The number of nitrogens with zero attached hydrogens (tertiary/aromatic N) is 6. The van der Waals surface area contributed by atoms with Gasteiger partial charge in [-0.2, -0.15) is 5.26 Å². The van der Waals surface area contributed by atoms with E-state index < -0.39 is 0 Å². The number of aryl methyl sites for hydroxylation is 2. The third-order valence-electron chi connectivity index (χ3n) is 10.6. The molecule has 5 atom stereocenters. The molecule has 2 heterocycles. The maximum Gasteiger partial charge on any atom is 0.261 e. The van der Waals surface area contributed by atoms with E-state index >= 15 is 0 Å². The topological polar surface area (TPSA) is 98.8 Å². The third kappa shape index (κ3) is 5.49. The number of methoxy groups -OCH3 is 1. The van der Waals surface area contributed by atoms with Crippen LogP contribution in [0.5, 0.6) is 5.75 Å². The fourth-order valence-corrected chi connectivity index (χ4v) is 7.56. The van der Waals surface area contributed by atoms with Crippen LogP contribution in [0.3, 0.4) is 0 Å². The Morgan fingerprint density at radius 1 is 1.20 bits per heavy atom. The average Bonchev–Trinajstić information content (AvgIpc) is 3.01. The number of hydrogen-bond acceptors (Lipinski definition) is 6. The Labute approximate surface area is 258 Å². The Morgan fingerprint density at radius 3 is 2.70 bits per heavy atom. The van der Waals surface area contributed by atoms with Gasteiger partial charge in [-0.15, -0.1) is 0 Å². The van der Waals surface area contributed by atoms with Gasteiger partial charge in [0.15, 0.2) is 12.2 Å². The molecule has 7 rings (SSSR count). The molecule has 232 valence electrons. The Morgan fingerprint density at radius 2 is 2.02 bits per heavy atom. The summed E-state index contributed by atoms with van der Waals surface area (Å²) in [6.45, 7) is 11.6. The fraction of sp³-hybridized carbons (Fsp3) is 0.529. The zero-order valence-electron chi connectivity index (χ0n) is 26.3. The molecule has 2 aromatic carbocycles. The molecule has 2 bridgehead atoms. The van der Waals surface area contributed by atoms with Gasteiger partial charge in [0.25, 0.3) is 5.56 Å². The number of fused-ring (bicyclic) bond motifs is 3. The van der Waals surface area contributed by atoms with Crippen molar-refractivity contribution in [2.24, 2.45) is 28.2 Å². The van der Waals surface area contributed by atoms with Gasteiger partial charge < -0.3 is 19.9 Å². The molecule has 3 saturated carbocycles. The predicted octanol–water partition coefficient (Wildman–Crippen LogP) is 5.11. The van der Waals surface area contributed by atoms with Crippen LogP contribution in [0.15, 0.2) is 52.5 Å². The van der Waals surface area contributed by atoms with Crippen LogP contribution in [0.2, 0.25) is 0 Å². The van der Waals surface area contributed by atoms with E-state index in [0.29, 0.717) is 78.0 Å². The number of rotatable bonds is 6. The van der Waals surface area contributed by atoms with Gasteiger partial charge in [-0.3, -0.25) is 9.36 Å². The first-order chi connectivity index (χ1) is 21.1. The molecular weight excluding hydrogens is 557 g/mol. The molecule has 4 fully saturated rings. The third-order valence-corrected chi connectivity index (χ3v) is 10.6. The molecule has 4 aliphatic rings. The minimum atomic E-state index is -0.355. The summed E-state index contributed by atoms with van der Waals surface area (Å²) >= 11 is 0. The van der Waals surface area contributed by atoms with Crippen LogP contribution in [0, 0.1) is 40.4 Å². The van der Waals surface area contributed by atoms with Crippen molar-refractivity contribution in [3.8, 4) is 11.9 Å². The fourth-order valence-electron chi connectivity index (χ4n) is 7.56. The van der Waals surface area contributed by atoms with Crippen LogP contribution in [0.1, 0.15) is 46.1 Å². The number of aliphatic imine (C=N–C) groups is 1. The Kier molecular flexibility index (Phi) is 7.99. The molecule has 1 aromatic heterocycles. The minimum absolute atomic E-state index is 0.0833. The van der Waals surface area contributed by atoms with E-state index in [1.54, 1.807) is 18.2 Å². The second kappa shape index (κ2) is 11.8. The molecule has 0 amide bonds. The first-order valence-corrected chi connectivity index (χ1v) is 15.7. The molecular formula is C34H42FN7O2. The van der Waals surface area contributed by atoms with Crippen LogP contribution in [-0.4, -0.2) is 64.1 Å². The van der Waals surface area contributed by atoms with Crippen LogP contribution < -0.4 is 15.6 Å². The number of nitrogens with one attached hydrogen (secondary N) is 1. The lowest BCUT2D eigenvalue weighted by Crippen LogP contribution is -2.57. The van der Waals surface area contributed by atoms with E-state index in [2.05, 4.69) is 49.1 Å². The van der Waals surface area contributed by atoms with E-state index in [1.807, 2.05) is 17.0 Å². The van der Waals surface area contributed by atoms with Crippen molar-refractivity contribution in [2.75, 3.05) is 32.1 Å². The maximum absolute atomic E-state index is 14.4. The number of piperazine rings is 1. The van der Waals surface area contributed by atoms with Gasteiger partial charge in [-0.05, 0) is 79.2 Å². The van der Waals surface area contributed by atoms with Gasteiger partial charge >= 0.3 is 0 Å². The second-order valence-electron chi connectivity index (χ2n) is 13.4. The monoisotopic (exact) mass is 599 g/mol. The number of guanidine groups is 1. The largest absolute Gasteiger partial charge is 0.497 e. The second-order valence-corrected chi connectivity index (χ2v) is 13.4. The predicted molar refractivity (Wildman–Crippen MR) is 170 cm³/mol. The van der Waals surface area contributed by atoms with Crippen LogP contribution in [-0.2, 0) is 13.0 Å². The highest BCUT2D eigenvalue weighted by molar-refractivity contribution is 5.96. The van der Waals surface area contributed by atoms with Crippen LogP contribution >= 0.6 is 0 Å². The van der Waals surface area contributed by atoms with Crippen LogP contribution in [0.4, 0.5) is 10.1 Å². The van der Waals surface area contributed by atoms with Crippen molar-refractivity contribution >= 4 is 22.5 Å². The number of benzene rings is 2. The molecule has 3 aromatic rings. The SMILES string of the molecule is COc1ccc(CCn2cnc3cc(NC(=N[C@H]4C[C@H]5C[C@@H]([C@@H]4C)C5(C)C)N4CCN(C#N)[C@@H](C)C4)ccc3c2=O)c(F)c1. The maximum atomic E-state index is 14.4. The summed E-state index contributed by atoms with van der Waals surface area (Å²) in [5.74, 6) is 2.79. The highest BCUT2D eigenvalue weighted by atomic mass is 19.1. The van der Waals surface area contributed by atoms with E-state index in [0.717, 1.165) is 18.1 Å². The molecule has 0 unspecified atom stereocenters. The smallest absolute Gasteiger partial charge is 0.261 e. The summed E-state index contributed by atoms with van der Waals surface area (Å²) in [4.78, 5) is 27.3. The van der Waals surface area contributed by atoms with E-state index in [4.69, 9.17) is 9.73 Å². The zero-order chi connectivity index (χ0) is 31.2. The summed E-state index contributed by atoms with van der Waals surface area (Å²) < 4.78 is 21.1. The van der Waals surface area contributed by atoms with Gasteiger partial charge in [0, 0.05) is 37.9 Å². The lowest BCUT2D eigenvalue weighted by atomic mass is 9.45. The Bertz CT molecular complexity index is 1680. The summed E-state index contributed by atoms with van der Waals surface area (Å²) in [6, 6.07) is 10.7. The minimum Gasteiger partial charge on any atom is -0.497 e. The van der Waals surface area contributed by atoms with Crippen molar-refractivity contribution in [1.82, 2.24) is 19.4 Å². The summed E-state index contributed by atoms with van der Waals surface area (Å²) in [5, 5.41) is 13.6. The quantitative estimate of drug-likeness (QED) is 0.239. The first kappa shape index (κ1) is 29.9. The molecule has 1 N–H and O–H groups in total. The van der Waals surface area contributed by atoms with Gasteiger partial charge in [0.2, 0.25) is 0 Å². The molecule has 10 heteroatoms. The number of halogens is 1. The molecule has 9 nitrogen and oxygen atoms in total. The van der Waals surface area contributed by atoms with Crippen molar-refractivity contribution in [2.45, 2.75) is 65.6 Å². The molecule has 3 aliphatic carbocycles. The normalized spacial score (nSPS) is 26.2. The standard InChI is InChI=1S/C34H42FN7O2/c1-21-18-40(12-13-41(21)19-36)33(39-30-15-24-14-28(22(30)2)34(24,3)4)38-25-7-9-27-31(16-25)37-20-42(32(27)43)11-10-23-6-8-26(44-5)17-29(23)35/h6-9,16-17,20-22,24,28,30H,10-15,18H2,1-5H3,(H,38,39)/t21-,22-,24+,28-,30-/m0/s1. The van der Waals surface area contributed by atoms with Crippen LogP contribution in [0.25, 0.3) is 10.9 Å². The lowest BCUT2D eigenvalue weighted by molar-refractivity contribution is -0.108. The number of ether oxygens (including phenoxy) is 1. The Balaban J connectivity index is 1.23. The molecule has 1 saturated heterocycles. The number of hydrogen-bond donors (Lipinski definition) is 1. The first-order valence-electron chi connectivity index (χ1n) is 15.7. The van der Waals surface area contributed by atoms with Gasteiger partial charge in [0.05, 0.1) is 36.4 Å². The molecule has 44 heavy (non-hydrogen) atoms. The van der Waals surface area contributed by atoms with E-state index in [1.165, 1.54) is 30.5 Å².